The summed E-state index contributed by atoms with van der Waals surface area (Å²) in [6, 6.07) is 1.82. The van der Waals surface area contributed by atoms with Gasteiger partial charge in [-0.2, -0.15) is 0 Å². The summed E-state index contributed by atoms with van der Waals surface area (Å²) in [6.45, 7) is 3.96. The number of carbonyl (C=O) groups is 2. The molecule has 108 valence electrons. The lowest BCUT2D eigenvalue weighted by Gasteiger charge is -2.18. The van der Waals surface area contributed by atoms with Crippen molar-refractivity contribution in [3.05, 3.63) is 21.4 Å². The lowest BCUT2D eigenvalue weighted by atomic mass is 10.1. The molecule has 0 aliphatic carbocycles. The number of aromatic nitrogens is 1. The molecule has 1 atom stereocenters. The maximum atomic E-state index is 12.1. The Morgan fingerprint density at radius 3 is 3.00 bits per heavy atom. The van der Waals surface area contributed by atoms with E-state index in [4.69, 9.17) is 11.6 Å². The number of hydrogen-bond donors (Lipinski definition) is 0. The van der Waals surface area contributed by atoms with Crippen molar-refractivity contribution >= 4 is 56.0 Å². The molecule has 1 aliphatic heterocycles. The standard InChI is InChI=1S/C13H14BrClN2O2S/c1-7-10(14)4-11(13(15)16-7)17-5-9(3-12(17)19)6-20-8(2)18/h4,9H,3,5-6H2,1-2H3. The fourth-order valence-electron chi connectivity index (χ4n) is 2.09. The smallest absolute Gasteiger partial charge is 0.227 e. The van der Waals surface area contributed by atoms with Gasteiger partial charge in [-0.15, -0.1) is 0 Å². The Morgan fingerprint density at radius 1 is 1.65 bits per heavy atom. The van der Waals surface area contributed by atoms with Crippen molar-refractivity contribution in [3.8, 4) is 0 Å². The van der Waals surface area contributed by atoms with Crippen LogP contribution in [0.15, 0.2) is 10.5 Å². The molecule has 1 aliphatic rings. The number of halogens is 2. The fraction of sp³-hybridized carbons (Fsp3) is 0.462. The Morgan fingerprint density at radius 2 is 2.35 bits per heavy atom. The molecular weight excluding hydrogens is 364 g/mol. The average Bonchev–Trinajstić information content (AvgIpc) is 2.72. The van der Waals surface area contributed by atoms with Crippen LogP contribution in [0.25, 0.3) is 0 Å². The maximum Gasteiger partial charge on any atom is 0.227 e. The van der Waals surface area contributed by atoms with Crippen molar-refractivity contribution in [2.24, 2.45) is 5.92 Å². The summed E-state index contributed by atoms with van der Waals surface area (Å²) in [4.78, 5) is 29.0. The predicted molar refractivity (Wildman–Crippen MR) is 85.3 cm³/mol. The van der Waals surface area contributed by atoms with E-state index >= 15 is 0 Å². The number of pyridine rings is 1. The molecule has 1 unspecified atom stereocenters. The summed E-state index contributed by atoms with van der Waals surface area (Å²) in [5.74, 6) is 0.862. The van der Waals surface area contributed by atoms with Gasteiger partial charge in [-0.25, -0.2) is 4.98 Å². The summed E-state index contributed by atoms with van der Waals surface area (Å²) < 4.78 is 0.825. The van der Waals surface area contributed by atoms with E-state index in [0.29, 0.717) is 29.6 Å². The molecule has 2 heterocycles. The third-order valence-corrected chi connectivity index (χ3v) is 5.23. The summed E-state index contributed by atoms with van der Waals surface area (Å²) in [7, 11) is 0. The van der Waals surface area contributed by atoms with E-state index in [1.54, 1.807) is 4.90 Å². The molecule has 20 heavy (non-hydrogen) atoms. The molecule has 0 N–H and O–H groups in total. The molecule has 0 saturated carbocycles. The first-order valence-corrected chi connectivity index (χ1v) is 8.30. The summed E-state index contributed by atoms with van der Waals surface area (Å²) >= 11 is 10.8. The number of hydrogen-bond acceptors (Lipinski definition) is 4. The molecule has 1 fully saturated rings. The molecule has 0 spiro atoms. The van der Waals surface area contributed by atoms with Crippen LogP contribution in [0, 0.1) is 12.8 Å². The molecular formula is C13H14BrClN2O2S. The quantitative estimate of drug-likeness (QED) is 0.757. The Labute approximate surface area is 135 Å². The van der Waals surface area contributed by atoms with E-state index < -0.39 is 0 Å². The number of amides is 1. The van der Waals surface area contributed by atoms with Gasteiger partial charge in [0.2, 0.25) is 5.91 Å². The second kappa shape index (κ2) is 6.45. The van der Waals surface area contributed by atoms with Crippen LogP contribution in [0.5, 0.6) is 0 Å². The number of carbonyl (C=O) groups excluding carboxylic acids is 2. The van der Waals surface area contributed by atoms with E-state index in [-0.39, 0.29) is 16.9 Å². The highest BCUT2D eigenvalue weighted by atomic mass is 79.9. The molecule has 2 rings (SSSR count). The first kappa shape index (κ1) is 15.8. The molecule has 1 aromatic heterocycles. The molecule has 0 aromatic carbocycles. The van der Waals surface area contributed by atoms with Crippen molar-refractivity contribution in [1.29, 1.82) is 0 Å². The first-order chi connectivity index (χ1) is 9.38. The van der Waals surface area contributed by atoms with Gasteiger partial charge in [-0.1, -0.05) is 23.4 Å². The lowest BCUT2D eigenvalue weighted by Crippen LogP contribution is -2.25. The monoisotopic (exact) mass is 376 g/mol. The minimum Gasteiger partial charge on any atom is -0.309 e. The van der Waals surface area contributed by atoms with Crippen LogP contribution in [0.4, 0.5) is 5.69 Å². The topological polar surface area (TPSA) is 50.3 Å². The van der Waals surface area contributed by atoms with Crippen LogP contribution in [-0.4, -0.2) is 28.3 Å². The normalized spacial score (nSPS) is 18.7. The van der Waals surface area contributed by atoms with Crippen molar-refractivity contribution < 1.29 is 9.59 Å². The number of nitrogens with zero attached hydrogens (tertiary/aromatic N) is 2. The van der Waals surface area contributed by atoms with Gasteiger partial charge in [0, 0.05) is 30.1 Å². The molecule has 1 saturated heterocycles. The van der Waals surface area contributed by atoms with E-state index in [2.05, 4.69) is 20.9 Å². The van der Waals surface area contributed by atoms with Crippen LogP contribution >= 0.6 is 39.3 Å². The second-order valence-corrected chi connectivity index (χ2v) is 7.15. The van der Waals surface area contributed by atoms with Crippen molar-refractivity contribution in [1.82, 2.24) is 4.98 Å². The van der Waals surface area contributed by atoms with Crippen LogP contribution in [0.2, 0.25) is 5.15 Å². The van der Waals surface area contributed by atoms with Gasteiger partial charge in [-0.3, -0.25) is 9.59 Å². The van der Waals surface area contributed by atoms with Crippen LogP contribution in [0.1, 0.15) is 19.0 Å². The van der Waals surface area contributed by atoms with Crippen LogP contribution in [-0.2, 0) is 9.59 Å². The molecule has 7 heteroatoms. The van der Waals surface area contributed by atoms with E-state index in [1.165, 1.54) is 18.7 Å². The Balaban J connectivity index is 2.16. The van der Waals surface area contributed by atoms with E-state index in [1.807, 2.05) is 13.0 Å². The van der Waals surface area contributed by atoms with Gasteiger partial charge in [0.05, 0.1) is 11.4 Å². The van der Waals surface area contributed by atoms with Crippen LogP contribution < -0.4 is 4.90 Å². The number of rotatable bonds is 3. The van der Waals surface area contributed by atoms with Crippen molar-refractivity contribution in [2.75, 3.05) is 17.2 Å². The Hall–Kier alpha value is -0.590. The molecule has 4 nitrogen and oxygen atoms in total. The minimum atomic E-state index is 0.0265. The largest absolute Gasteiger partial charge is 0.309 e. The number of anilines is 1. The van der Waals surface area contributed by atoms with Gasteiger partial charge in [0.25, 0.3) is 0 Å². The predicted octanol–water partition coefficient (Wildman–Crippen LogP) is 3.44. The van der Waals surface area contributed by atoms with Crippen molar-refractivity contribution in [2.45, 2.75) is 20.3 Å². The van der Waals surface area contributed by atoms with Gasteiger partial charge in [0.1, 0.15) is 0 Å². The average molecular weight is 378 g/mol. The highest BCUT2D eigenvalue weighted by Crippen LogP contribution is 2.34. The molecule has 0 bridgehead atoms. The number of aryl methyl sites for hydroxylation is 1. The van der Waals surface area contributed by atoms with Gasteiger partial charge >= 0.3 is 0 Å². The van der Waals surface area contributed by atoms with Gasteiger partial charge in [-0.05, 0) is 34.8 Å². The lowest BCUT2D eigenvalue weighted by molar-refractivity contribution is -0.117. The third-order valence-electron chi connectivity index (χ3n) is 3.10. The zero-order valence-electron chi connectivity index (χ0n) is 11.2. The molecule has 1 aromatic rings. The Kier molecular flexibility index (Phi) is 5.09. The summed E-state index contributed by atoms with van der Waals surface area (Å²) in [5.41, 5.74) is 1.42. The second-order valence-electron chi connectivity index (χ2n) is 4.74. The van der Waals surface area contributed by atoms with Gasteiger partial charge in [0.15, 0.2) is 10.3 Å². The van der Waals surface area contributed by atoms with E-state index in [0.717, 1.165) is 10.2 Å². The first-order valence-electron chi connectivity index (χ1n) is 6.15. The minimum absolute atomic E-state index is 0.0265. The number of thioether (sulfide) groups is 1. The molecule has 1 amide bonds. The van der Waals surface area contributed by atoms with Crippen LogP contribution in [0.3, 0.4) is 0 Å². The highest BCUT2D eigenvalue weighted by molar-refractivity contribution is 9.10. The third kappa shape index (κ3) is 3.54. The summed E-state index contributed by atoms with van der Waals surface area (Å²) in [5, 5.41) is 0.410. The SMILES string of the molecule is CC(=O)SCC1CC(=O)N(c2cc(Br)c(C)nc2Cl)C1. The highest BCUT2D eigenvalue weighted by Gasteiger charge is 2.32. The molecule has 0 radical (unpaired) electrons. The van der Waals surface area contributed by atoms with E-state index in [9.17, 15) is 9.59 Å². The van der Waals surface area contributed by atoms with Crippen molar-refractivity contribution in [3.63, 3.8) is 0 Å². The summed E-state index contributed by atoms with van der Waals surface area (Å²) in [6.07, 6.45) is 0.447. The fourth-order valence-corrected chi connectivity index (χ4v) is 3.37. The zero-order valence-corrected chi connectivity index (χ0v) is 14.3. The zero-order chi connectivity index (χ0) is 14.9. The Bertz CT molecular complexity index is 568. The van der Waals surface area contributed by atoms with Gasteiger partial charge < -0.3 is 4.90 Å². The maximum absolute atomic E-state index is 12.1.